The van der Waals surface area contributed by atoms with Crippen LogP contribution in [0.15, 0.2) is 64.6 Å². The number of carbonyl (C=O) groups is 2. The fourth-order valence-electron chi connectivity index (χ4n) is 3.95. The highest BCUT2D eigenvalue weighted by molar-refractivity contribution is 7.22. The van der Waals surface area contributed by atoms with Crippen molar-refractivity contribution >= 4 is 44.1 Å². The van der Waals surface area contributed by atoms with Crippen LogP contribution in [0.1, 0.15) is 28.7 Å². The number of aryl methyl sites for hydroxylation is 2. The first-order valence-electron chi connectivity index (χ1n) is 10.3. The zero-order valence-electron chi connectivity index (χ0n) is 18.2. The molecule has 1 atom stereocenters. The Hall–Kier alpha value is -3.91. The summed E-state index contributed by atoms with van der Waals surface area (Å²) in [4.78, 5) is 32.4. The molecular weight excluding hydrogens is 440 g/mol. The van der Waals surface area contributed by atoms with E-state index in [1.165, 1.54) is 23.3 Å². The highest BCUT2D eigenvalue weighted by Crippen LogP contribution is 2.44. The van der Waals surface area contributed by atoms with Crippen LogP contribution in [0.4, 0.5) is 5.13 Å². The monoisotopic (exact) mass is 460 g/mol. The maximum atomic E-state index is 13.2. The number of ketones is 1. The van der Waals surface area contributed by atoms with Crippen LogP contribution < -0.4 is 9.64 Å². The van der Waals surface area contributed by atoms with Gasteiger partial charge in [-0.25, -0.2) is 4.98 Å². The zero-order chi connectivity index (χ0) is 23.3. The van der Waals surface area contributed by atoms with E-state index in [-0.39, 0.29) is 11.3 Å². The number of anilines is 1. The third-order valence-corrected chi connectivity index (χ3v) is 6.57. The van der Waals surface area contributed by atoms with Gasteiger partial charge in [0.25, 0.3) is 5.78 Å². The van der Waals surface area contributed by atoms with Gasteiger partial charge in [0.1, 0.15) is 29.1 Å². The van der Waals surface area contributed by atoms with Crippen molar-refractivity contribution in [2.75, 3.05) is 12.0 Å². The molecule has 1 amide bonds. The van der Waals surface area contributed by atoms with E-state index in [4.69, 9.17) is 9.15 Å². The van der Waals surface area contributed by atoms with Gasteiger partial charge in [-0.05, 0) is 55.8 Å². The van der Waals surface area contributed by atoms with Gasteiger partial charge in [-0.15, -0.1) is 0 Å². The van der Waals surface area contributed by atoms with Gasteiger partial charge in [0, 0.05) is 5.56 Å². The molecule has 1 aliphatic rings. The molecule has 8 heteroatoms. The van der Waals surface area contributed by atoms with Gasteiger partial charge in [-0.1, -0.05) is 29.5 Å². The quantitative estimate of drug-likeness (QED) is 0.257. The molecule has 1 saturated heterocycles. The zero-order valence-corrected chi connectivity index (χ0v) is 19.0. The average Bonchev–Trinajstić information content (AvgIpc) is 3.49. The summed E-state index contributed by atoms with van der Waals surface area (Å²) in [6.45, 7) is 3.75. The van der Waals surface area contributed by atoms with Crippen molar-refractivity contribution in [3.63, 3.8) is 0 Å². The molecule has 166 valence electrons. The number of Topliss-reactive ketones (excluding diaryl/α,β-unsaturated/α-hetero) is 1. The Bertz CT molecular complexity index is 1450. The molecule has 0 radical (unpaired) electrons. The fraction of sp³-hybridized carbons (Fsp3) is 0.160. The molecule has 0 unspecified atom stereocenters. The topological polar surface area (TPSA) is 92.9 Å². The van der Waals surface area contributed by atoms with Gasteiger partial charge in [0.15, 0.2) is 5.13 Å². The summed E-state index contributed by atoms with van der Waals surface area (Å²) in [6, 6.07) is 15.0. The Kier molecular flexibility index (Phi) is 5.02. The Labute approximate surface area is 193 Å². The number of fused-ring (bicyclic) bond motifs is 1. The van der Waals surface area contributed by atoms with Crippen molar-refractivity contribution in [2.45, 2.75) is 19.9 Å². The molecule has 2 aromatic carbocycles. The molecule has 1 aliphatic heterocycles. The molecule has 0 bridgehead atoms. The molecule has 7 nitrogen and oxygen atoms in total. The van der Waals surface area contributed by atoms with E-state index in [9.17, 15) is 14.7 Å². The fourth-order valence-corrected chi connectivity index (χ4v) is 5.04. The largest absolute Gasteiger partial charge is 0.507 e. The van der Waals surface area contributed by atoms with Gasteiger partial charge in [0.05, 0.1) is 22.9 Å². The van der Waals surface area contributed by atoms with Crippen LogP contribution in [0.2, 0.25) is 0 Å². The summed E-state index contributed by atoms with van der Waals surface area (Å²) in [6.07, 6.45) is 0. The van der Waals surface area contributed by atoms with Crippen LogP contribution in [0.5, 0.6) is 5.75 Å². The first-order chi connectivity index (χ1) is 15.9. The molecule has 5 rings (SSSR count). The van der Waals surface area contributed by atoms with E-state index in [1.807, 2.05) is 25.1 Å². The van der Waals surface area contributed by atoms with Gasteiger partial charge < -0.3 is 14.3 Å². The average molecular weight is 461 g/mol. The molecular formula is C25H20N2O5S. The van der Waals surface area contributed by atoms with Crippen LogP contribution in [0, 0.1) is 13.8 Å². The summed E-state index contributed by atoms with van der Waals surface area (Å²) < 4.78 is 12.0. The highest BCUT2D eigenvalue weighted by atomic mass is 32.1. The number of carbonyl (C=O) groups excluding carboxylic acids is 2. The first-order valence-corrected chi connectivity index (χ1v) is 11.1. The van der Waals surface area contributed by atoms with Crippen molar-refractivity contribution in [3.8, 4) is 5.75 Å². The third-order valence-electron chi connectivity index (χ3n) is 5.56. The van der Waals surface area contributed by atoms with Crippen molar-refractivity contribution < 1.29 is 23.8 Å². The second kappa shape index (κ2) is 7.90. The lowest BCUT2D eigenvalue weighted by atomic mass is 9.99. The molecule has 0 aliphatic carbocycles. The first kappa shape index (κ1) is 21.0. The molecule has 1 fully saturated rings. The smallest absolute Gasteiger partial charge is 0.302 e. The number of hydrogen-bond acceptors (Lipinski definition) is 7. The van der Waals surface area contributed by atoms with Crippen LogP contribution in [0.3, 0.4) is 0 Å². The molecule has 2 aromatic heterocycles. The van der Waals surface area contributed by atoms with E-state index in [0.29, 0.717) is 28.0 Å². The summed E-state index contributed by atoms with van der Waals surface area (Å²) >= 11 is 1.31. The number of furan rings is 1. The number of thiazole rings is 1. The Morgan fingerprint density at radius 1 is 1.12 bits per heavy atom. The van der Waals surface area contributed by atoms with Gasteiger partial charge in [0.2, 0.25) is 0 Å². The summed E-state index contributed by atoms with van der Waals surface area (Å²) in [5, 5.41) is 11.5. The van der Waals surface area contributed by atoms with Crippen LogP contribution >= 0.6 is 11.3 Å². The lowest BCUT2D eigenvalue weighted by molar-refractivity contribution is -0.132. The van der Waals surface area contributed by atoms with Crippen molar-refractivity contribution in [3.05, 3.63) is 82.8 Å². The number of aliphatic hydroxyl groups excluding tert-OH is 1. The van der Waals surface area contributed by atoms with E-state index < -0.39 is 17.7 Å². The number of nitrogens with zero attached hydrogens (tertiary/aromatic N) is 2. The molecule has 33 heavy (non-hydrogen) atoms. The lowest BCUT2D eigenvalue weighted by Crippen LogP contribution is -2.29. The lowest BCUT2D eigenvalue weighted by Gasteiger charge is -2.20. The maximum absolute atomic E-state index is 13.2. The number of methoxy groups -OCH3 is 1. The SMILES string of the molecule is COc1cccc(/C(O)=C2\C(=O)C(=O)N(c3nc4ccc(C)cc4s3)[C@@H]2c2ccc(C)o2)c1. The normalized spacial score (nSPS) is 17.8. The van der Waals surface area contributed by atoms with E-state index >= 15 is 0 Å². The minimum absolute atomic E-state index is 0.0574. The second-order valence-electron chi connectivity index (χ2n) is 7.82. The minimum Gasteiger partial charge on any atom is -0.507 e. The van der Waals surface area contributed by atoms with E-state index in [1.54, 1.807) is 43.3 Å². The molecule has 1 N–H and O–H groups in total. The second-order valence-corrected chi connectivity index (χ2v) is 8.83. The van der Waals surface area contributed by atoms with Crippen molar-refractivity contribution in [2.24, 2.45) is 0 Å². The highest BCUT2D eigenvalue weighted by Gasteiger charge is 2.49. The number of rotatable bonds is 4. The predicted molar refractivity (Wildman–Crippen MR) is 126 cm³/mol. The van der Waals surface area contributed by atoms with Crippen LogP contribution in [-0.4, -0.2) is 28.9 Å². The van der Waals surface area contributed by atoms with Crippen molar-refractivity contribution in [1.82, 2.24) is 4.98 Å². The molecule has 3 heterocycles. The summed E-state index contributed by atoms with van der Waals surface area (Å²) in [7, 11) is 1.51. The number of benzene rings is 2. The molecule has 0 saturated carbocycles. The number of aliphatic hydroxyl groups is 1. The Morgan fingerprint density at radius 2 is 1.94 bits per heavy atom. The number of ether oxygens (including phenoxy) is 1. The van der Waals surface area contributed by atoms with E-state index in [0.717, 1.165) is 15.8 Å². The molecule has 4 aromatic rings. The number of hydrogen-bond donors (Lipinski definition) is 1. The standard InChI is InChI=1S/C25H20N2O5S/c1-13-7-9-17-19(11-13)33-25(26-17)27-21(18-10-8-14(2)32-18)20(23(29)24(27)30)22(28)15-5-4-6-16(12-15)31-3/h4-12,21,28H,1-3H3/b22-20+/t21-/m1/s1. The predicted octanol–water partition coefficient (Wildman–Crippen LogP) is 5.14. The van der Waals surface area contributed by atoms with Gasteiger partial charge in [-0.3, -0.25) is 14.5 Å². The summed E-state index contributed by atoms with van der Waals surface area (Å²) in [5.41, 5.74) is 2.10. The number of aromatic nitrogens is 1. The van der Waals surface area contributed by atoms with Gasteiger partial charge >= 0.3 is 5.91 Å². The van der Waals surface area contributed by atoms with Crippen LogP contribution in [0.25, 0.3) is 16.0 Å². The summed E-state index contributed by atoms with van der Waals surface area (Å²) in [5.74, 6) is -0.367. The molecule has 0 spiro atoms. The maximum Gasteiger partial charge on any atom is 0.302 e. The van der Waals surface area contributed by atoms with Gasteiger partial charge in [-0.2, -0.15) is 0 Å². The minimum atomic E-state index is -0.952. The third kappa shape index (κ3) is 3.48. The van der Waals surface area contributed by atoms with Crippen LogP contribution in [-0.2, 0) is 9.59 Å². The number of amides is 1. The van der Waals surface area contributed by atoms with E-state index in [2.05, 4.69) is 4.98 Å². The Morgan fingerprint density at radius 3 is 2.67 bits per heavy atom. The van der Waals surface area contributed by atoms with Crippen molar-refractivity contribution in [1.29, 1.82) is 0 Å². The Balaban J connectivity index is 1.72.